The minimum Gasteiger partial charge on any atom is -0.352 e. The smallest absolute Gasteiger partial charge is 0.214 e. The Morgan fingerprint density at radius 2 is 1.79 bits per heavy atom. The molecule has 0 aliphatic carbocycles. The first kappa shape index (κ1) is 18.8. The van der Waals surface area contributed by atoms with Gasteiger partial charge in [-0.1, -0.05) is 42.5 Å². The van der Waals surface area contributed by atoms with Crippen LogP contribution in [0.3, 0.4) is 0 Å². The third-order valence-corrected chi connectivity index (χ3v) is 6.93. The highest BCUT2D eigenvalue weighted by atomic mass is 32.2. The van der Waals surface area contributed by atoms with Gasteiger partial charge < -0.3 is 4.90 Å². The molecule has 0 bridgehead atoms. The monoisotopic (exact) mass is 401 g/mol. The largest absolute Gasteiger partial charge is 0.352 e. The number of rotatable bonds is 6. The standard InChI is InChI=1S/C18H23N7O2S/c1-2-12-28(26,27)24-10-8-23(9-11-24)17-16-18(20-14-19-17)25(22-21-16)13-15-6-4-3-5-7-15/h3-7,14H,2,8-13H2,1H3. The van der Waals surface area contributed by atoms with Crippen LogP contribution in [0.5, 0.6) is 0 Å². The summed E-state index contributed by atoms with van der Waals surface area (Å²) in [5.41, 5.74) is 2.43. The van der Waals surface area contributed by atoms with Gasteiger partial charge in [0.2, 0.25) is 10.0 Å². The summed E-state index contributed by atoms with van der Waals surface area (Å²) in [5, 5.41) is 8.56. The maximum Gasteiger partial charge on any atom is 0.214 e. The third-order valence-electron chi connectivity index (χ3n) is 4.85. The van der Waals surface area contributed by atoms with Crippen molar-refractivity contribution in [3.63, 3.8) is 0 Å². The van der Waals surface area contributed by atoms with E-state index in [-0.39, 0.29) is 5.75 Å². The topological polar surface area (TPSA) is 97.1 Å². The van der Waals surface area contributed by atoms with Crippen molar-refractivity contribution < 1.29 is 8.42 Å². The lowest BCUT2D eigenvalue weighted by atomic mass is 10.2. The molecule has 1 aromatic carbocycles. The van der Waals surface area contributed by atoms with Gasteiger partial charge in [-0.15, -0.1) is 5.10 Å². The molecule has 28 heavy (non-hydrogen) atoms. The maximum atomic E-state index is 12.3. The zero-order valence-electron chi connectivity index (χ0n) is 15.8. The number of benzene rings is 1. The Morgan fingerprint density at radius 3 is 2.50 bits per heavy atom. The van der Waals surface area contributed by atoms with Crippen molar-refractivity contribution in [2.24, 2.45) is 0 Å². The van der Waals surface area contributed by atoms with Gasteiger partial charge in [0.05, 0.1) is 12.3 Å². The normalized spacial score (nSPS) is 16.0. The lowest BCUT2D eigenvalue weighted by Gasteiger charge is -2.34. The van der Waals surface area contributed by atoms with Gasteiger partial charge >= 0.3 is 0 Å². The Kier molecular flexibility index (Phi) is 5.23. The van der Waals surface area contributed by atoms with Crippen molar-refractivity contribution in [1.29, 1.82) is 0 Å². The first-order valence-corrected chi connectivity index (χ1v) is 11.0. The van der Waals surface area contributed by atoms with E-state index >= 15 is 0 Å². The molecule has 148 valence electrons. The Balaban J connectivity index is 1.54. The summed E-state index contributed by atoms with van der Waals surface area (Å²) in [7, 11) is -3.17. The van der Waals surface area contributed by atoms with E-state index in [1.54, 1.807) is 8.99 Å². The summed E-state index contributed by atoms with van der Waals surface area (Å²) >= 11 is 0. The van der Waals surface area contributed by atoms with Crippen molar-refractivity contribution in [1.82, 2.24) is 29.3 Å². The molecule has 0 radical (unpaired) electrons. The van der Waals surface area contributed by atoms with E-state index in [4.69, 9.17) is 0 Å². The van der Waals surface area contributed by atoms with Crippen LogP contribution in [0.1, 0.15) is 18.9 Å². The van der Waals surface area contributed by atoms with Crippen molar-refractivity contribution in [3.8, 4) is 0 Å². The minimum absolute atomic E-state index is 0.193. The fourth-order valence-corrected chi connectivity index (χ4v) is 4.93. The molecular formula is C18H23N7O2S. The highest BCUT2D eigenvalue weighted by Gasteiger charge is 2.28. The molecule has 4 rings (SSSR count). The summed E-state index contributed by atoms with van der Waals surface area (Å²) in [5.74, 6) is 0.898. The zero-order valence-corrected chi connectivity index (χ0v) is 16.6. The average molecular weight is 401 g/mol. The van der Waals surface area contributed by atoms with E-state index in [0.29, 0.717) is 56.1 Å². The zero-order chi connectivity index (χ0) is 19.6. The van der Waals surface area contributed by atoms with Gasteiger partial charge in [-0.3, -0.25) is 0 Å². The molecule has 2 aromatic heterocycles. The van der Waals surface area contributed by atoms with Crippen LogP contribution in [-0.2, 0) is 16.6 Å². The van der Waals surface area contributed by atoms with E-state index in [2.05, 4.69) is 25.2 Å². The van der Waals surface area contributed by atoms with E-state index in [1.807, 2.05) is 37.3 Å². The molecule has 0 amide bonds. The molecular weight excluding hydrogens is 378 g/mol. The van der Waals surface area contributed by atoms with Crippen LogP contribution in [0.25, 0.3) is 11.2 Å². The molecule has 3 aromatic rings. The number of piperazine rings is 1. The van der Waals surface area contributed by atoms with Crippen LogP contribution in [0.2, 0.25) is 0 Å². The molecule has 0 unspecified atom stereocenters. The molecule has 1 fully saturated rings. The summed E-state index contributed by atoms with van der Waals surface area (Å²) in [6.45, 7) is 4.50. The maximum absolute atomic E-state index is 12.3. The van der Waals surface area contributed by atoms with Crippen LogP contribution in [-0.4, -0.2) is 69.6 Å². The lowest BCUT2D eigenvalue weighted by molar-refractivity contribution is 0.384. The Hall–Kier alpha value is -2.59. The predicted octanol–water partition coefficient (Wildman–Crippen LogP) is 1.13. The van der Waals surface area contributed by atoms with Gasteiger partial charge in [-0.2, -0.15) is 4.31 Å². The van der Waals surface area contributed by atoms with Crippen LogP contribution in [0.15, 0.2) is 36.7 Å². The number of hydrogen-bond acceptors (Lipinski definition) is 7. The quantitative estimate of drug-likeness (QED) is 0.611. The number of aromatic nitrogens is 5. The van der Waals surface area contributed by atoms with E-state index in [1.165, 1.54) is 6.33 Å². The molecule has 0 spiro atoms. The third kappa shape index (κ3) is 3.69. The number of sulfonamides is 1. The number of hydrogen-bond donors (Lipinski definition) is 0. The van der Waals surface area contributed by atoms with Gasteiger partial charge in [0, 0.05) is 26.2 Å². The lowest BCUT2D eigenvalue weighted by Crippen LogP contribution is -2.49. The van der Waals surface area contributed by atoms with Gasteiger partial charge in [0.1, 0.15) is 6.33 Å². The van der Waals surface area contributed by atoms with Crippen LogP contribution in [0, 0.1) is 0 Å². The Bertz CT molecular complexity index is 1040. The summed E-state index contributed by atoms with van der Waals surface area (Å²) in [6, 6.07) is 10.0. The second-order valence-electron chi connectivity index (χ2n) is 6.80. The number of fused-ring (bicyclic) bond motifs is 1. The molecule has 0 saturated carbocycles. The first-order valence-electron chi connectivity index (χ1n) is 9.39. The fraction of sp³-hybridized carbons (Fsp3) is 0.444. The second kappa shape index (κ2) is 7.80. The molecule has 1 aliphatic rings. The van der Waals surface area contributed by atoms with Crippen LogP contribution < -0.4 is 4.90 Å². The molecule has 3 heterocycles. The summed E-state index contributed by atoms with van der Waals surface area (Å²) in [6.07, 6.45) is 2.14. The summed E-state index contributed by atoms with van der Waals surface area (Å²) in [4.78, 5) is 10.8. The Labute approximate surface area is 164 Å². The van der Waals surface area contributed by atoms with Crippen molar-refractivity contribution in [3.05, 3.63) is 42.2 Å². The van der Waals surface area contributed by atoms with E-state index < -0.39 is 10.0 Å². The van der Waals surface area contributed by atoms with E-state index in [0.717, 1.165) is 5.56 Å². The van der Waals surface area contributed by atoms with Crippen molar-refractivity contribution >= 4 is 27.0 Å². The van der Waals surface area contributed by atoms with Crippen LogP contribution >= 0.6 is 0 Å². The van der Waals surface area contributed by atoms with E-state index in [9.17, 15) is 8.42 Å². The van der Waals surface area contributed by atoms with Gasteiger partial charge in [-0.25, -0.2) is 23.1 Å². The summed E-state index contributed by atoms with van der Waals surface area (Å²) < 4.78 is 27.9. The van der Waals surface area contributed by atoms with Crippen molar-refractivity contribution in [2.75, 3.05) is 36.8 Å². The molecule has 1 saturated heterocycles. The second-order valence-corrected chi connectivity index (χ2v) is 8.89. The van der Waals surface area contributed by atoms with Gasteiger partial charge in [0.25, 0.3) is 0 Å². The van der Waals surface area contributed by atoms with Crippen LogP contribution in [0.4, 0.5) is 5.82 Å². The molecule has 9 nitrogen and oxygen atoms in total. The highest BCUT2D eigenvalue weighted by molar-refractivity contribution is 7.89. The molecule has 0 N–H and O–H groups in total. The highest BCUT2D eigenvalue weighted by Crippen LogP contribution is 2.23. The average Bonchev–Trinajstić information content (AvgIpc) is 3.12. The Morgan fingerprint density at radius 1 is 1.04 bits per heavy atom. The molecule has 1 aliphatic heterocycles. The fourth-order valence-electron chi connectivity index (χ4n) is 3.44. The SMILES string of the molecule is CCCS(=O)(=O)N1CCN(c2ncnc3c2nnn3Cc2ccccc2)CC1. The van der Waals surface area contributed by atoms with Crippen molar-refractivity contribution in [2.45, 2.75) is 19.9 Å². The van der Waals surface area contributed by atoms with Gasteiger partial charge in [0.15, 0.2) is 17.0 Å². The molecule has 10 heteroatoms. The van der Waals surface area contributed by atoms with Gasteiger partial charge in [-0.05, 0) is 12.0 Å². The number of anilines is 1. The first-order chi connectivity index (χ1) is 13.6. The number of nitrogens with zero attached hydrogens (tertiary/aromatic N) is 7. The minimum atomic E-state index is -3.17. The molecule has 0 atom stereocenters. The predicted molar refractivity (Wildman–Crippen MR) is 107 cm³/mol.